The van der Waals surface area contributed by atoms with Gasteiger partial charge in [-0.1, -0.05) is 91.0 Å². The van der Waals surface area contributed by atoms with Crippen LogP contribution in [0.25, 0.3) is 55.0 Å². The second kappa shape index (κ2) is 10.1. The molecule has 8 aromatic rings. The van der Waals surface area contributed by atoms with Crippen molar-refractivity contribution in [2.75, 3.05) is 4.90 Å². The van der Waals surface area contributed by atoms with Crippen LogP contribution in [0.1, 0.15) is 0 Å². The van der Waals surface area contributed by atoms with E-state index in [1.807, 2.05) is 18.5 Å². The number of pyridine rings is 1. The Balaban J connectivity index is 1.30. The number of benzene rings is 6. The summed E-state index contributed by atoms with van der Waals surface area (Å²) in [6, 6.07) is 51.0. The van der Waals surface area contributed by atoms with Crippen molar-refractivity contribution in [1.82, 2.24) is 4.98 Å². The van der Waals surface area contributed by atoms with Crippen LogP contribution in [0.15, 0.2) is 162 Å². The van der Waals surface area contributed by atoms with Crippen molar-refractivity contribution in [2.45, 2.75) is 0 Å². The van der Waals surface area contributed by atoms with Gasteiger partial charge in [0.05, 0.1) is 0 Å². The van der Waals surface area contributed by atoms with E-state index in [-0.39, 0.29) is 0 Å². The van der Waals surface area contributed by atoms with E-state index >= 15 is 0 Å². The van der Waals surface area contributed by atoms with Crippen molar-refractivity contribution < 1.29 is 4.42 Å². The second-order valence-corrected chi connectivity index (χ2v) is 10.4. The van der Waals surface area contributed by atoms with E-state index in [0.717, 1.165) is 61.3 Å². The maximum atomic E-state index is 6.53. The van der Waals surface area contributed by atoms with Crippen molar-refractivity contribution in [1.29, 1.82) is 0 Å². The lowest BCUT2D eigenvalue weighted by Crippen LogP contribution is -2.09. The maximum absolute atomic E-state index is 6.53. The molecule has 42 heavy (non-hydrogen) atoms. The highest BCUT2D eigenvalue weighted by Gasteiger charge is 2.18. The van der Waals surface area contributed by atoms with Gasteiger partial charge in [0.2, 0.25) is 0 Å². The van der Waals surface area contributed by atoms with E-state index in [1.165, 1.54) is 10.8 Å². The van der Waals surface area contributed by atoms with Crippen molar-refractivity contribution in [3.8, 4) is 22.3 Å². The number of rotatable bonds is 5. The third-order valence-corrected chi connectivity index (χ3v) is 7.94. The highest BCUT2D eigenvalue weighted by atomic mass is 16.3. The van der Waals surface area contributed by atoms with E-state index in [1.54, 1.807) is 0 Å². The molecule has 3 nitrogen and oxygen atoms in total. The third kappa shape index (κ3) is 4.03. The number of para-hydroxylation sites is 2. The molecule has 0 aliphatic carbocycles. The Morgan fingerprint density at radius 3 is 1.81 bits per heavy atom. The number of nitrogens with zero attached hydrogens (tertiary/aromatic N) is 2. The topological polar surface area (TPSA) is 29.3 Å². The van der Waals surface area contributed by atoms with Crippen LogP contribution in [-0.4, -0.2) is 4.98 Å². The minimum atomic E-state index is 0.880. The van der Waals surface area contributed by atoms with Gasteiger partial charge in [0.25, 0.3) is 0 Å². The summed E-state index contributed by atoms with van der Waals surface area (Å²) in [5.74, 6) is 0. The predicted molar refractivity (Wildman–Crippen MR) is 175 cm³/mol. The normalized spacial score (nSPS) is 11.3. The summed E-state index contributed by atoms with van der Waals surface area (Å²) < 4.78 is 6.53. The molecule has 0 saturated carbocycles. The van der Waals surface area contributed by atoms with Crippen LogP contribution in [0.2, 0.25) is 0 Å². The highest BCUT2D eigenvalue weighted by Crippen LogP contribution is 2.44. The molecular weight excluding hydrogens is 512 g/mol. The van der Waals surface area contributed by atoms with Crippen LogP contribution in [0.4, 0.5) is 17.1 Å². The molecule has 0 aliphatic heterocycles. The first-order valence-corrected chi connectivity index (χ1v) is 14.1. The Labute approximate surface area is 243 Å². The van der Waals surface area contributed by atoms with Crippen molar-refractivity contribution >= 4 is 49.8 Å². The molecule has 2 heterocycles. The van der Waals surface area contributed by atoms with Gasteiger partial charge < -0.3 is 9.32 Å². The summed E-state index contributed by atoms with van der Waals surface area (Å²) in [5.41, 5.74) is 9.61. The van der Waals surface area contributed by atoms with Gasteiger partial charge in [0, 0.05) is 45.8 Å². The standard InChI is InChI=1S/C39H26N2O/c1-3-12-29(13-4-1)41(30-14-5-2-6-15-30)31-22-20-27(21-23-31)35-25-37-39(34-17-8-7-16-33(34)35)38-32(18-9-19-36(38)42-37)28-11-10-24-40-26-28/h1-26H. The fourth-order valence-electron chi connectivity index (χ4n) is 6.07. The molecule has 0 unspecified atom stereocenters. The van der Waals surface area contributed by atoms with Crippen molar-refractivity contribution in [3.63, 3.8) is 0 Å². The molecule has 0 saturated heterocycles. The largest absolute Gasteiger partial charge is 0.456 e. The van der Waals surface area contributed by atoms with Crippen LogP contribution < -0.4 is 4.90 Å². The zero-order valence-electron chi connectivity index (χ0n) is 22.8. The average molecular weight is 539 g/mol. The molecule has 198 valence electrons. The number of furan rings is 1. The molecule has 0 bridgehead atoms. The van der Waals surface area contributed by atoms with E-state index in [0.29, 0.717) is 0 Å². The minimum absolute atomic E-state index is 0.880. The molecule has 0 spiro atoms. The van der Waals surface area contributed by atoms with Crippen LogP contribution in [0.3, 0.4) is 0 Å². The van der Waals surface area contributed by atoms with Gasteiger partial charge in [-0.3, -0.25) is 4.98 Å². The van der Waals surface area contributed by atoms with Crippen molar-refractivity contribution in [3.05, 3.63) is 158 Å². The van der Waals surface area contributed by atoms with Crippen LogP contribution in [0, 0.1) is 0 Å². The molecule has 0 fully saturated rings. The smallest absolute Gasteiger partial charge is 0.136 e. The predicted octanol–water partition coefficient (Wildman–Crippen LogP) is 10.9. The Morgan fingerprint density at radius 1 is 0.452 bits per heavy atom. The van der Waals surface area contributed by atoms with Gasteiger partial charge in [-0.2, -0.15) is 0 Å². The Kier molecular flexibility index (Phi) is 5.79. The lowest BCUT2D eigenvalue weighted by atomic mass is 9.93. The summed E-state index contributed by atoms with van der Waals surface area (Å²) in [6.45, 7) is 0. The van der Waals surface area contributed by atoms with Crippen LogP contribution in [0.5, 0.6) is 0 Å². The van der Waals surface area contributed by atoms with Gasteiger partial charge >= 0.3 is 0 Å². The summed E-state index contributed by atoms with van der Waals surface area (Å²) >= 11 is 0. The molecular formula is C39H26N2O. The lowest BCUT2D eigenvalue weighted by Gasteiger charge is -2.25. The van der Waals surface area contributed by atoms with E-state index in [2.05, 4.69) is 149 Å². The SMILES string of the molecule is c1ccc(N(c2ccccc2)c2ccc(-c3cc4oc5cccc(-c6cccnc6)c5c4c4ccccc34)cc2)cc1. The fraction of sp³-hybridized carbons (Fsp3) is 0. The Morgan fingerprint density at radius 2 is 1.12 bits per heavy atom. The number of hydrogen-bond acceptors (Lipinski definition) is 3. The number of fused-ring (bicyclic) bond motifs is 5. The van der Waals surface area contributed by atoms with E-state index in [4.69, 9.17) is 4.42 Å². The van der Waals surface area contributed by atoms with E-state index < -0.39 is 0 Å². The molecule has 0 N–H and O–H groups in total. The molecule has 6 aromatic carbocycles. The van der Waals surface area contributed by atoms with Gasteiger partial charge in [-0.25, -0.2) is 0 Å². The Bertz CT molecular complexity index is 2130. The molecule has 0 atom stereocenters. The monoisotopic (exact) mass is 538 g/mol. The molecule has 3 heteroatoms. The third-order valence-electron chi connectivity index (χ3n) is 7.94. The zero-order chi connectivity index (χ0) is 27.9. The molecule has 8 rings (SSSR count). The molecule has 2 aromatic heterocycles. The molecule has 0 radical (unpaired) electrons. The average Bonchev–Trinajstić information content (AvgIpc) is 3.45. The number of anilines is 3. The number of aromatic nitrogens is 1. The highest BCUT2D eigenvalue weighted by molar-refractivity contribution is 6.25. The Hall–Kier alpha value is -5.67. The van der Waals surface area contributed by atoms with E-state index in [9.17, 15) is 0 Å². The first kappa shape index (κ1) is 24.2. The lowest BCUT2D eigenvalue weighted by molar-refractivity contribution is 0.669. The fourth-order valence-corrected chi connectivity index (χ4v) is 6.07. The first-order chi connectivity index (χ1) is 20.8. The maximum Gasteiger partial charge on any atom is 0.136 e. The van der Waals surface area contributed by atoms with Crippen molar-refractivity contribution in [2.24, 2.45) is 0 Å². The van der Waals surface area contributed by atoms with Gasteiger partial charge in [0.1, 0.15) is 11.2 Å². The summed E-state index contributed by atoms with van der Waals surface area (Å²) in [5, 5.41) is 4.64. The van der Waals surface area contributed by atoms with Gasteiger partial charge in [0.15, 0.2) is 0 Å². The molecule has 0 amide bonds. The quantitative estimate of drug-likeness (QED) is 0.218. The van der Waals surface area contributed by atoms with Crippen LogP contribution >= 0.6 is 0 Å². The summed E-state index contributed by atoms with van der Waals surface area (Å²) in [6.07, 6.45) is 3.73. The second-order valence-electron chi connectivity index (χ2n) is 10.4. The van der Waals surface area contributed by atoms with Crippen LogP contribution in [-0.2, 0) is 0 Å². The first-order valence-electron chi connectivity index (χ1n) is 14.1. The summed E-state index contributed by atoms with van der Waals surface area (Å²) in [4.78, 5) is 6.65. The van der Waals surface area contributed by atoms with Gasteiger partial charge in [-0.05, 0) is 82.1 Å². The molecule has 0 aliphatic rings. The summed E-state index contributed by atoms with van der Waals surface area (Å²) in [7, 11) is 0. The number of hydrogen-bond donors (Lipinski definition) is 0. The van der Waals surface area contributed by atoms with Gasteiger partial charge in [-0.15, -0.1) is 0 Å². The minimum Gasteiger partial charge on any atom is -0.456 e. The zero-order valence-corrected chi connectivity index (χ0v) is 22.8.